The van der Waals surface area contributed by atoms with E-state index in [1.807, 2.05) is 0 Å². The van der Waals surface area contributed by atoms with E-state index in [0.717, 1.165) is 18.4 Å². The fourth-order valence-corrected chi connectivity index (χ4v) is 5.80. The quantitative estimate of drug-likeness (QED) is 0.419. The van der Waals surface area contributed by atoms with Crippen molar-refractivity contribution < 1.29 is 40.3 Å². The lowest BCUT2D eigenvalue weighted by Gasteiger charge is -2.39. The zero-order valence-electron chi connectivity index (χ0n) is 18.9. The maximum absolute atomic E-state index is 14.7. The summed E-state index contributed by atoms with van der Waals surface area (Å²) in [5, 5.41) is 5.11. The van der Waals surface area contributed by atoms with Gasteiger partial charge in [-0.1, -0.05) is 40.5 Å². The van der Waals surface area contributed by atoms with Gasteiger partial charge in [0.05, 0.1) is 17.5 Å². The summed E-state index contributed by atoms with van der Waals surface area (Å²) in [6, 6.07) is 6.42. The van der Waals surface area contributed by atoms with Crippen molar-refractivity contribution in [2.75, 3.05) is 19.3 Å². The summed E-state index contributed by atoms with van der Waals surface area (Å²) in [4.78, 5) is 17.3. The third-order valence-corrected chi connectivity index (χ3v) is 8.17. The van der Waals surface area contributed by atoms with Gasteiger partial charge in [0.25, 0.3) is 0 Å². The van der Waals surface area contributed by atoms with Gasteiger partial charge in [0.2, 0.25) is 15.0 Å². The highest BCUT2D eigenvalue weighted by Crippen LogP contribution is 2.50. The van der Waals surface area contributed by atoms with Gasteiger partial charge in [0.1, 0.15) is 23.0 Å². The monoisotopic (exact) mass is 580 g/mol. The number of hydrogen-bond acceptors (Lipinski definition) is 7. The molecular formula is C23H18Cl2F4N2O5S. The Morgan fingerprint density at radius 2 is 1.89 bits per heavy atom. The predicted molar refractivity (Wildman–Crippen MR) is 126 cm³/mol. The van der Waals surface area contributed by atoms with Gasteiger partial charge in [-0.15, -0.1) is 0 Å². The Balaban J connectivity index is 1.55. The average molecular weight is 581 g/mol. The van der Waals surface area contributed by atoms with Crippen molar-refractivity contribution in [3.05, 3.63) is 68.4 Å². The molecule has 7 nitrogen and oxygen atoms in total. The Bertz CT molecular complexity index is 1440. The van der Waals surface area contributed by atoms with Crippen LogP contribution in [-0.4, -0.2) is 44.8 Å². The smallest absolute Gasteiger partial charge is 0.386 e. The molecule has 0 bridgehead atoms. The van der Waals surface area contributed by atoms with Gasteiger partial charge in [-0.3, -0.25) is 4.79 Å². The molecule has 1 N–H and O–H groups in total. The van der Waals surface area contributed by atoms with Crippen molar-refractivity contribution in [1.29, 1.82) is 0 Å². The zero-order valence-corrected chi connectivity index (χ0v) is 21.2. The first kappa shape index (κ1) is 26.4. The normalized spacial score (nSPS) is 24.4. The molecule has 3 unspecified atom stereocenters. The summed E-state index contributed by atoms with van der Waals surface area (Å²) in [6.07, 6.45) is -7.51. The van der Waals surface area contributed by atoms with E-state index in [1.165, 1.54) is 12.1 Å². The number of carbonyl (C=O) groups excluding carboxylic acids is 1. The van der Waals surface area contributed by atoms with Crippen molar-refractivity contribution in [3.8, 4) is 0 Å². The number of nitrogens with one attached hydrogen (secondary N) is 1. The lowest BCUT2D eigenvalue weighted by molar-refractivity contribution is -0.178. The second-order valence-electron chi connectivity index (χ2n) is 9.17. The van der Waals surface area contributed by atoms with Crippen LogP contribution in [0.2, 0.25) is 10.0 Å². The number of benzene rings is 2. The highest BCUT2D eigenvalue weighted by atomic mass is 35.5. The van der Waals surface area contributed by atoms with Gasteiger partial charge < -0.3 is 14.9 Å². The molecule has 0 aromatic heterocycles. The number of nitrogens with zero attached hydrogens (tertiary/aromatic N) is 1. The molecule has 37 heavy (non-hydrogen) atoms. The fraction of sp³-hybridized carbons (Fsp3) is 0.391. The Kier molecular flexibility index (Phi) is 6.35. The van der Waals surface area contributed by atoms with Gasteiger partial charge in [0, 0.05) is 35.5 Å². The van der Waals surface area contributed by atoms with E-state index in [-0.39, 0.29) is 10.6 Å². The Labute approximate surface area is 218 Å². The number of carbonyl (C=O) groups is 1. The predicted octanol–water partition coefficient (Wildman–Crippen LogP) is 4.62. The summed E-state index contributed by atoms with van der Waals surface area (Å²) in [5.41, 5.74) is -0.830. The van der Waals surface area contributed by atoms with Crippen LogP contribution >= 0.6 is 23.2 Å². The van der Waals surface area contributed by atoms with E-state index in [1.54, 1.807) is 6.07 Å². The zero-order chi connectivity index (χ0) is 26.9. The Morgan fingerprint density at radius 1 is 1.19 bits per heavy atom. The minimum Gasteiger partial charge on any atom is -0.386 e. The minimum atomic E-state index is -4.90. The summed E-state index contributed by atoms with van der Waals surface area (Å²) in [6.45, 7) is 0.768. The number of alkyl halides is 3. The van der Waals surface area contributed by atoms with Crippen LogP contribution < -0.4 is 5.32 Å². The average Bonchev–Trinajstić information content (AvgIpc) is 3.35. The molecule has 2 aromatic rings. The second kappa shape index (κ2) is 8.91. The number of rotatable bonds is 4. The molecule has 14 heteroatoms. The first-order valence-corrected chi connectivity index (χ1v) is 13.6. The van der Waals surface area contributed by atoms with Crippen LogP contribution in [0.3, 0.4) is 0 Å². The molecule has 5 rings (SSSR count). The van der Waals surface area contributed by atoms with Crippen LogP contribution in [0.5, 0.6) is 0 Å². The maximum Gasteiger partial charge on any atom is 0.401 e. The Hall–Kier alpha value is -2.25. The molecule has 1 fully saturated rings. The van der Waals surface area contributed by atoms with Crippen LogP contribution in [0.25, 0.3) is 0 Å². The largest absolute Gasteiger partial charge is 0.401 e. The third-order valence-electron chi connectivity index (χ3n) is 6.68. The van der Waals surface area contributed by atoms with Crippen molar-refractivity contribution in [3.63, 3.8) is 0 Å². The van der Waals surface area contributed by atoms with Crippen LogP contribution in [0.1, 0.15) is 40.9 Å². The highest BCUT2D eigenvalue weighted by molar-refractivity contribution is 8.05. The van der Waals surface area contributed by atoms with Crippen LogP contribution in [0.15, 0.2) is 35.5 Å². The SMILES string of the molecule is CS(=O)(=O)C(=O)CC1OC2(CNC2)c2ccc(C3=NOC(c4cc(Cl)cc(Cl)c4F)C3C(F)(F)F)cc21. The Morgan fingerprint density at radius 3 is 2.49 bits per heavy atom. The first-order valence-electron chi connectivity index (χ1n) is 10.9. The molecule has 3 atom stereocenters. The molecular weight excluding hydrogens is 563 g/mol. The number of halogens is 6. The van der Waals surface area contributed by atoms with E-state index in [2.05, 4.69) is 10.5 Å². The highest BCUT2D eigenvalue weighted by Gasteiger charge is 2.55. The summed E-state index contributed by atoms with van der Waals surface area (Å²) in [5.74, 6) is -3.48. The molecule has 198 valence electrons. The standard InChI is InChI=1S/C23H18Cl2F4N2O5S/c1-37(33,34)17(32)7-16-12-4-10(2-3-14(12)22(35-16)8-30-9-22)20-18(23(27,28)29)21(36-31-20)13-5-11(24)6-15(25)19(13)26/h2-6,16,18,21,30H,7-9H2,1H3. The van der Waals surface area contributed by atoms with E-state index < -0.39 is 73.4 Å². The molecule has 3 heterocycles. The van der Waals surface area contributed by atoms with Crippen molar-refractivity contribution in [1.82, 2.24) is 5.32 Å². The van der Waals surface area contributed by atoms with Crippen molar-refractivity contribution >= 4 is 43.9 Å². The molecule has 3 aliphatic rings. The van der Waals surface area contributed by atoms with Crippen molar-refractivity contribution in [2.45, 2.75) is 30.4 Å². The number of sulfone groups is 1. The fourth-order valence-electron chi connectivity index (χ4n) is 4.84. The molecule has 0 radical (unpaired) electrons. The molecule has 0 saturated carbocycles. The van der Waals surface area contributed by atoms with Gasteiger partial charge in [0.15, 0.2) is 6.10 Å². The maximum atomic E-state index is 14.7. The molecule has 3 aliphatic heterocycles. The first-order chi connectivity index (χ1) is 17.2. The van der Waals surface area contributed by atoms with Crippen LogP contribution in [0, 0.1) is 11.7 Å². The lowest BCUT2D eigenvalue weighted by atomic mass is 9.83. The topological polar surface area (TPSA) is 94.1 Å². The van der Waals surface area contributed by atoms with E-state index in [4.69, 9.17) is 32.8 Å². The minimum absolute atomic E-state index is 0.00171. The van der Waals surface area contributed by atoms with E-state index >= 15 is 0 Å². The molecule has 0 amide bonds. The number of fused-ring (bicyclic) bond motifs is 2. The summed E-state index contributed by atoms with van der Waals surface area (Å²) < 4.78 is 87.1. The number of ether oxygens (including phenoxy) is 1. The molecule has 1 spiro atoms. The second-order valence-corrected chi connectivity index (χ2v) is 12.0. The van der Waals surface area contributed by atoms with Gasteiger partial charge in [-0.25, -0.2) is 12.8 Å². The van der Waals surface area contributed by atoms with Gasteiger partial charge in [-0.2, -0.15) is 13.2 Å². The number of oxime groups is 1. The number of hydrogen-bond donors (Lipinski definition) is 1. The molecule has 2 aromatic carbocycles. The third kappa shape index (κ3) is 4.52. The van der Waals surface area contributed by atoms with E-state index in [9.17, 15) is 30.8 Å². The van der Waals surface area contributed by atoms with Crippen molar-refractivity contribution in [2.24, 2.45) is 11.1 Å². The van der Waals surface area contributed by atoms with Crippen LogP contribution in [-0.2, 0) is 29.8 Å². The summed E-state index contributed by atoms with van der Waals surface area (Å²) in [7, 11) is -4.01. The van der Waals surface area contributed by atoms with Gasteiger partial charge in [-0.05, 0) is 29.3 Å². The van der Waals surface area contributed by atoms with Crippen LogP contribution in [0.4, 0.5) is 17.6 Å². The van der Waals surface area contributed by atoms with E-state index in [0.29, 0.717) is 24.2 Å². The summed E-state index contributed by atoms with van der Waals surface area (Å²) >= 11 is 11.7. The van der Waals surface area contributed by atoms with Gasteiger partial charge >= 0.3 is 6.18 Å². The molecule has 0 aliphatic carbocycles. The lowest BCUT2D eigenvalue weighted by Crippen LogP contribution is -2.56. The molecule has 1 saturated heterocycles.